The molecule has 0 aromatic heterocycles. The smallest absolute Gasteiger partial charge is 0.229 e. The second kappa shape index (κ2) is 3.85. The van der Waals surface area contributed by atoms with E-state index in [-0.39, 0.29) is 17.4 Å². The van der Waals surface area contributed by atoms with Gasteiger partial charge in [0.1, 0.15) is 9.84 Å². The van der Waals surface area contributed by atoms with Gasteiger partial charge in [-0.3, -0.25) is 0 Å². The highest BCUT2D eigenvalue weighted by Gasteiger charge is 2.60. The molecule has 96 valence electrons. The third-order valence-corrected chi connectivity index (χ3v) is 5.43. The summed E-state index contributed by atoms with van der Waals surface area (Å²) in [5.41, 5.74) is -1.07. The topological polar surface area (TPSA) is 63.6 Å². The predicted molar refractivity (Wildman–Crippen MR) is 56.4 cm³/mol. The zero-order chi connectivity index (χ0) is 12.7. The second-order valence-electron chi connectivity index (χ2n) is 4.94. The van der Waals surface area contributed by atoms with Gasteiger partial charge < -0.3 is 0 Å². The fraction of sp³-hybridized carbons (Fsp3) is 0.900. The van der Waals surface area contributed by atoms with Crippen molar-refractivity contribution in [1.29, 1.82) is 0 Å². The lowest BCUT2D eigenvalue weighted by Gasteiger charge is -2.49. The summed E-state index contributed by atoms with van der Waals surface area (Å²) in [7, 11) is -3.03. The normalized spacial score (nSPS) is 30.0. The summed E-state index contributed by atoms with van der Waals surface area (Å²) in [6.45, 7) is 0. The first-order valence-electron chi connectivity index (χ1n) is 5.46. The van der Waals surface area contributed by atoms with Crippen LogP contribution in [0, 0.1) is 5.92 Å². The molecule has 2 fully saturated rings. The second-order valence-corrected chi connectivity index (χ2v) is 7.25. The van der Waals surface area contributed by atoms with Crippen molar-refractivity contribution < 1.29 is 22.0 Å². The molecular formula is C10H13F2NO3S. The molecule has 17 heavy (non-hydrogen) atoms. The lowest BCUT2D eigenvalue weighted by molar-refractivity contribution is -0.139. The molecule has 0 aromatic carbocycles. The minimum absolute atomic E-state index is 0.000630. The van der Waals surface area contributed by atoms with E-state index >= 15 is 0 Å². The number of alkyl halides is 2. The average Bonchev–Trinajstić information content (AvgIpc) is 2.14. The van der Waals surface area contributed by atoms with Gasteiger partial charge in [-0.15, -0.1) is 0 Å². The minimum atomic E-state index is -3.03. The van der Waals surface area contributed by atoms with E-state index in [1.165, 1.54) is 6.08 Å². The van der Waals surface area contributed by atoms with Crippen molar-refractivity contribution in [3.8, 4) is 0 Å². The van der Waals surface area contributed by atoms with Gasteiger partial charge in [-0.25, -0.2) is 22.0 Å². The Morgan fingerprint density at radius 3 is 2.12 bits per heavy atom. The van der Waals surface area contributed by atoms with Crippen molar-refractivity contribution in [3.05, 3.63) is 0 Å². The first-order valence-corrected chi connectivity index (χ1v) is 7.28. The van der Waals surface area contributed by atoms with Crippen molar-refractivity contribution >= 4 is 15.9 Å². The van der Waals surface area contributed by atoms with Gasteiger partial charge >= 0.3 is 0 Å². The van der Waals surface area contributed by atoms with E-state index in [9.17, 15) is 22.0 Å². The quantitative estimate of drug-likeness (QED) is 0.558. The third kappa shape index (κ3) is 2.40. The number of carbonyl (C=O) groups excluding carboxylic acids is 1. The van der Waals surface area contributed by atoms with E-state index in [4.69, 9.17) is 0 Å². The molecule has 0 atom stereocenters. The van der Waals surface area contributed by atoms with Crippen LogP contribution in [0.5, 0.6) is 0 Å². The highest BCUT2D eigenvalue weighted by atomic mass is 32.2. The van der Waals surface area contributed by atoms with Crippen LogP contribution in [0.4, 0.5) is 8.78 Å². The van der Waals surface area contributed by atoms with Crippen LogP contribution in [-0.4, -0.2) is 37.5 Å². The highest BCUT2D eigenvalue weighted by molar-refractivity contribution is 7.91. The van der Waals surface area contributed by atoms with Crippen LogP contribution < -0.4 is 0 Å². The number of hydrogen-bond acceptors (Lipinski definition) is 4. The Morgan fingerprint density at radius 2 is 1.71 bits per heavy atom. The summed E-state index contributed by atoms with van der Waals surface area (Å²) < 4.78 is 48.4. The van der Waals surface area contributed by atoms with E-state index in [1.54, 1.807) is 0 Å². The Balaban J connectivity index is 2.13. The number of halogens is 2. The molecule has 1 saturated heterocycles. The van der Waals surface area contributed by atoms with Crippen LogP contribution in [0.3, 0.4) is 0 Å². The van der Waals surface area contributed by atoms with Crippen molar-refractivity contribution in [3.63, 3.8) is 0 Å². The van der Waals surface area contributed by atoms with E-state index in [2.05, 4.69) is 4.99 Å². The van der Waals surface area contributed by atoms with Crippen molar-refractivity contribution in [1.82, 2.24) is 0 Å². The van der Waals surface area contributed by atoms with Gasteiger partial charge in [-0.2, -0.15) is 4.99 Å². The largest absolute Gasteiger partial charge is 0.252 e. The van der Waals surface area contributed by atoms with Gasteiger partial charge in [0.2, 0.25) is 6.08 Å². The maximum absolute atomic E-state index is 13.0. The van der Waals surface area contributed by atoms with Gasteiger partial charge in [0, 0.05) is 12.8 Å². The Hall–Kier alpha value is -0.810. The van der Waals surface area contributed by atoms with Crippen LogP contribution in [0.2, 0.25) is 0 Å². The van der Waals surface area contributed by atoms with E-state index in [0.717, 1.165) is 0 Å². The van der Waals surface area contributed by atoms with Crippen LogP contribution in [0.1, 0.15) is 25.7 Å². The lowest BCUT2D eigenvalue weighted by atomic mass is 9.64. The molecule has 1 saturated carbocycles. The molecule has 0 unspecified atom stereocenters. The van der Waals surface area contributed by atoms with E-state index < -0.39 is 34.1 Å². The number of nitrogens with zero attached hydrogens (tertiary/aromatic N) is 1. The van der Waals surface area contributed by atoms with Crippen LogP contribution in [0.15, 0.2) is 4.99 Å². The molecule has 1 heterocycles. The first-order chi connectivity index (χ1) is 7.79. The number of hydrogen-bond donors (Lipinski definition) is 0. The summed E-state index contributed by atoms with van der Waals surface area (Å²) >= 11 is 0. The molecule has 0 bridgehead atoms. The third-order valence-electron chi connectivity index (χ3n) is 3.71. The fourth-order valence-corrected chi connectivity index (χ4v) is 4.31. The van der Waals surface area contributed by atoms with Crippen LogP contribution in [0.25, 0.3) is 0 Å². The van der Waals surface area contributed by atoms with Crippen molar-refractivity contribution in [2.45, 2.75) is 37.1 Å². The minimum Gasteiger partial charge on any atom is -0.229 e. The van der Waals surface area contributed by atoms with Crippen molar-refractivity contribution in [2.24, 2.45) is 10.9 Å². The standard InChI is InChI=1S/C10H13F2NO3S/c11-10(12)5-9(6-10,13-7-14)8-1-3-17(15,16)4-2-8/h8H,1-6H2. The summed E-state index contributed by atoms with van der Waals surface area (Å²) in [6.07, 6.45) is 1.06. The number of isocyanates is 1. The average molecular weight is 265 g/mol. The zero-order valence-electron chi connectivity index (χ0n) is 9.16. The molecule has 2 aliphatic rings. The molecule has 4 nitrogen and oxygen atoms in total. The summed E-state index contributed by atoms with van der Waals surface area (Å²) in [5, 5.41) is 0. The molecule has 2 rings (SSSR count). The molecular weight excluding hydrogens is 252 g/mol. The zero-order valence-corrected chi connectivity index (χ0v) is 9.97. The molecule has 0 N–H and O–H groups in total. The van der Waals surface area contributed by atoms with Crippen LogP contribution in [-0.2, 0) is 14.6 Å². The van der Waals surface area contributed by atoms with Gasteiger partial charge in [0.15, 0.2) is 0 Å². The Labute approximate surface area is 98.0 Å². The monoisotopic (exact) mass is 265 g/mol. The molecule has 1 aliphatic heterocycles. The molecule has 0 amide bonds. The van der Waals surface area contributed by atoms with Gasteiger partial charge in [-0.05, 0) is 18.8 Å². The van der Waals surface area contributed by atoms with Gasteiger partial charge in [-0.1, -0.05) is 0 Å². The Bertz CT molecular complexity index is 446. The van der Waals surface area contributed by atoms with Crippen LogP contribution >= 0.6 is 0 Å². The maximum Gasteiger partial charge on any atom is 0.252 e. The number of rotatable bonds is 2. The molecule has 0 radical (unpaired) electrons. The Kier molecular flexibility index (Phi) is 2.86. The first kappa shape index (κ1) is 12.6. The Morgan fingerprint density at radius 1 is 1.18 bits per heavy atom. The van der Waals surface area contributed by atoms with Gasteiger partial charge in [0.05, 0.1) is 17.0 Å². The predicted octanol–water partition coefficient (Wildman–Crippen LogP) is 1.31. The highest BCUT2D eigenvalue weighted by Crippen LogP contribution is 2.54. The van der Waals surface area contributed by atoms with Gasteiger partial charge in [0.25, 0.3) is 5.92 Å². The maximum atomic E-state index is 13.0. The summed E-state index contributed by atoms with van der Waals surface area (Å²) in [4.78, 5) is 13.9. The SMILES string of the molecule is O=C=NC1(C2CCS(=O)(=O)CC2)CC(F)(F)C1. The molecule has 0 spiro atoms. The van der Waals surface area contributed by atoms with Crippen molar-refractivity contribution in [2.75, 3.05) is 11.5 Å². The molecule has 7 heteroatoms. The number of sulfone groups is 1. The molecule has 1 aliphatic carbocycles. The van der Waals surface area contributed by atoms with E-state index in [0.29, 0.717) is 12.8 Å². The molecule has 0 aromatic rings. The lowest BCUT2D eigenvalue weighted by Crippen LogP contribution is -2.56. The summed E-state index contributed by atoms with van der Waals surface area (Å²) in [5.74, 6) is -3.03. The number of aliphatic imine (C=N–C) groups is 1. The summed E-state index contributed by atoms with van der Waals surface area (Å²) in [6, 6.07) is 0. The van der Waals surface area contributed by atoms with E-state index in [1.807, 2.05) is 0 Å². The fourth-order valence-electron chi connectivity index (χ4n) is 2.82.